The van der Waals surface area contributed by atoms with Gasteiger partial charge in [0.1, 0.15) is 11.6 Å². The molecule has 2 bridgehead atoms. The number of amides is 3. The van der Waals surface area contributed by atoms with Gasteiger partial charge in [-0.15, -0.1) is 13.2 Å². The van der Waals surface area contributed by atoms with E-state index >= 15 is 4.79 Å². The molecule has 0 aromatic heterocycles. The van der Waals surface area contributed by atoms with E-state index in [1.807, 2.05) is 100 Å². The molecule has 3 heterocycles. The zero-order chi connectivity index (χ0) is 34.4. The third-order valence-corrected chi connectivity index (χ3v) is 11.1. The molecule has 3 amide bonds. The number of hydrogen-bond acceptors (Lipinski definition) is 5. The van der Waals surface area contributed by atoms with Crippen LogP contribution in [0.2, 0.25) is 0 Å². The molecular weight excluding hydrogens is 602 g/mol. The van der Waals surface area contributed by atoms with E-state index < -0.39 is 35.1 Å². The number of aliphatic hydroxyl groups excluding tert-OH is 1. The maximum Gasteiger partial charge on any atom is 0.253 e. The third kappa shape index (κ3) is 5.26. The first kappa shape index (κ1) is 33.6. The highest BCUT2D eigenvalue weighted by molar-refractivity contribution is 6.06. The lowest BCUT2D eigenvalue weighted by Gasteiger charge is -2.40. The van der Waals surface area contributed by atoms with Gasteiger partial charge >= 0.3 is 0 Å². The van der Waals surface area contributed by atoms with Crippen molar-refractivity contribution >= 4 is 34.2 Å². The minimum atomic E-state index is -1.26. The van der Waals surface area contributed by atoms with Crippen molar-refractivity contribution in [2.75, 3.05) is 24.6 Å². The Bertz CT molecular complexity index is 1720. The second-order valence-electron chi connectivity index (χ2n) is 14.2. The molecule has 3 aromatic rings. The highest BCUT2D eigenvalue weighted by Gasteiger charge is 2.80. The summed E-state index contributed by atoms with van der Waals surface area (Å²) >= 11 is 0. The van der Waals surface area contributed by atoms with E-state index in [4.69, 9.17) is 4.74 Å². The van der Waals surface area contributed by atoms with Crippen LogP contribution in [0.3, 0.4) is 0 Å². The molecule has 3 saturated heterocycles. The number of aliphatic hydroxyl groups is 1. The first-order valence-electron chi connectivity index (χ1n) is 17.0. The fourth-order valence-corrected chi connectivity index (χ4v) is 8.64. The molecule has 3 aliphatic heterocycles. The second kappa shape index (κ2) is 13.0. The van der Waals surface area contributed by atoms with E-state index in [0.717, 1.165) is 16.3 Å². The van der Waals surface area contributed by atoms with Crippen LogP contribution in [-0.4, -0.2) is 75.6 Å². The van der Waals surface area contributed by atoms with Crippen molar-refractivity contribution in [3.05, 3.63) is 104 Å². The van der Waals surface area contributed by atoms with Gasteiger partial charge in [-0.2, -0.15) is 0 Å². The topological polar surface area (TPSA) is 90.4 Å². The zero-order valence-corrected chi connectivity index (χ0v) is 28.4. The Morgan fingerprint density at radius 3 is 2.31 bits per heavy atom. The summed E-state index contributed by atoms with van der Waals surface area (Å²) in [7, 11) is 0. The summed E-state index contributed by atoms with van der Waals surface area (Å²) in [6, 6.07) is 21.9. The Morgan fingerprint density at radius 1 is 1.00 bits per heavy atom. The molecule has 8 heteroatoms. The largest absolute Gasteiger partial charge is 0.394 e. The quantitative estimate of drug-likeness (QED) is 0.258. The number of fused-ring (bicyclic) bond motifs is 2. The second-order valence-corrected chi connectivity index (χ2v) is 14.2. The summed E-state index contributed by atoms with van der Waals surface area (Å²) < 4.78 is 7.05. The normalized spacial score (nSPS) is 28.0. The lowest BCUT2D eigenvalue weighted by molar-refractivity contribution is -0.154. The van der Waals surface area contributed by atoms with Gasteiger partial charge < -0.3 is 24.5 Å². The number of hydrogen-bond donors (Lipinski definition) is 1. The van der Waals surface area contributed by atoms with Gasteiger partial charge in [-0.1, -0.05) is 93.6 Å². The predicted octanol–water partition coefficient (Wildman–Crippen LogP) is 5.60. The molecule has 0 radical (unpaired) electrons. The van der Waals surface area contributed by atoms with Crippen LogP contribution in [0.25, 0.3) is 10.8 Å². The van der Waals surface area contributed by atoms with E-state index in [1.54, 1.807) is 26.9 Å². The highest BCUT2D eigenvalue weighted by atomic mass is 16.5. The number of likely N-dealkylation sites (tertiary alicyclic amines) is 1. The van der Waals surface area contributed by atoms with Gasteiger partial charge in [-0.05, 0) is 53.6 Å². The Kier molecular flexibility index (Phi) is 9.09. The SMILES string of the molecule is C=CCN(Cc1ccccc1)C(=O)[C@@H]1[C@H]2C(=O)N([C@@H](CO)C(C)C)C(C(=O)N(CC=C)c3ccc4ccccc4c3)C23CC(C)[C@@]1(C)O3. The number of ether oxygens (including phenoxy) is 1. The van der Waals surface area contributed by atoms with Crippen LogP contribution in [0.5, 0.6) is 0 Å². The average Bonchev–Trinajstić information content (AvgIpc) is 3.59. The van der Waals surface area contributed by atoms with Crippen molar-refractivity contribution in [3.8, 4) is 0 Å². The smallest absolute Gasteiger partial charge is 0.253 e. The summed E-state index contributed by atoms with van der Waals surface area (Å²) in [5.41, 5.74) is -0.590. The van der Waals surface area contributed by atoms with Crippen molar-refractivity contribution in [3.63, 3.8) is 0 Å². The number of carbonyl (C=O) groups is 3. The maximum atomic E-state index is 15.2. The minimum absolute atomic E-state index is 0.117. The highest BCUT2D eigenvalue weighted by Crippen LogP contribution is 2.66. The molecule has 7 atom stereocenters. The standard InChI is InChI=1S/C40H47N3O5/c1-7-20-41(24-28-14-10-9-11-15-28)36(45)33-34-37(46)43(32(25-44)26(3)4)35(40(34)23-27(5)39(33,6)48-40)38(47)42(21-8-2)31-19-18-29-16-12-13-17-30(29)22-31/h7-19,22,26-27,32-35,44H,1-2,20-21,23-25H2,3-6H3/t27?,32-,33-,34-,35?,39+,40?/m0/s1. The Morgan fingerprint density at radius 2 is 1.67 bits per heavy atom. The molecule has 252 valence electrons. The van der Waals surface area contributed by atoms with E-state index in [1.165, 1.54) is 0 Å². The average molecular weight is 650 g/mol. The summed E-state index contributed by atoms with van der Waals surface area (Å²) in [6.45, 7) is 16.2. The third-order valence-electron chi connectivity index (χ3n) is 11.1. The van der Waals surface area contributed by atoms with Crippen LogP contribution in [0.1, 0.15) is 39.7 Å². The fourth-order valence-electron chi connectivity index (χ4n) is 8.64. The van der Waals surface area contributed by atoms with Crippen molar-refractivity contribution < 1.29 is 24.2 Å². The molecule has 1 spiro atoms. The van der Waals surface area contributed by atoms with Gasteiger partial charge in [0.15, 0.2) is 0 Å². The number of carbonyl (C=O) groups excluding carboxylic acids is 3. The van der Waals surface area contributed by atoms with Gasteiger partial charge in [0, 0.05) is 25.3 Å². The lowest BCUT2D eigenvalue weighted by atomic mass is 9.62. The fraction of sp³-hybridized carbons (Fsp3) is 0.425. The van der Waals surface area contributed by atoms with Gasteiger partial charge in [-0.25, -0.2) is 0 Å². The van der Waals surface area contributed by atoms with Crippen molar-refractivity contribution in [2.45, 2.75) is 63.9 Å². The molecule has 1 N–H and O–H groups in total. The van der Waals surface area contributed by atoms with Crippen LogP contribution in [0, 0.1) is 23.7 Å². The van der Waals surface area contributed by atoms with E-state index in [-0.39, 0.29) is 42.7 Å². The number of nitrogens with zero attached hydrogens (tertiary/aromatic N) is 3. The first-order chi connectivity index (χ1) is 23.0. The van der Waals surface area contributed by atoms with Gasteiger partial charge in [0.2, 0.25) is 11.8 Å². The summed E-state index contributed by atoms with van der Waals surface area (Å²) in [5, 5.41) is 12.7. The molecule has 3 aliphatic rings. The maximum absolute atomic E-state index is 15.2. The first-order valence-corrected chi connectivity index (χ1v) is 17.0. The summed E-state index contributed by atoms with van der Waals surface area (Å²) in [5.74, 6) is -2.80. The van der Waals surface area contributed by atoms with Crippen LogP contribution in [0.4, 0.5) is 5.69 Å². The molecule has 0 saturated carbocycles. The molecule has 48 heavy (non-hydrogen) atoms. The van der Waals surface area contributed by atoms with Crippen LogP contribution < -0.4 is 4.90 Å². The number of benzene rings is 3. The van der Waals surface area contributed by atoms with Gasteiger partial charge in [-0.3, -0.25) is 14.4 Å². The van der Waals surface area contributed by atoms with Crippen LogP contribution in [0.15, 0.2) is 98.1 Å². The number of anilines is 1. The molecule has 6 rings (SSSR count). The van der Waals surface area contributed by atoms with E-state index in [0.29, 0.717) is 25.2 Å². The van der Waals surface area contributed by atoms with Crippen molar-refractivity contribution in [1.82, 2.24) is 9.80 Å². The van der Waals surface area contributed by atoms with Gasteiger partial charge in [0.25, 0.3) is 5.91 Å². The predicted molar refractivity (Wildman–Crippen MR) is 188 cm³/mol. The van der Waals surface area contributed by atoms with E-state index in [2.05, 4.69) is 13.2 Å². The van der Waals surface area contributed by atoms with Crippen LogP contribution >= 0.6 is 0 Å². The molecular formula is C40H47N3O5. The van der Waals surface area contributed by atoms with Crippen molar-refractivity contribution in [2.24, 2.45) is 23.7 Å². The summed E-state index contributed by atoms with van der Waals surface area (Å²) in [6.07, 6.45) is 3.81. The lowest BCUT2D eigenvalue weighted by Crippen LogP contribution is -2.60. The van der Waals surface area contributed by atoms with Crippen molar-refractivity contribution in [1.29, 1.82) is 0 Å². The molecule has 8 nitrogen and oxygen atoms in total. The Balaban J connectivity index is 1.47. The summed E-state index contributed by atoms with van der Waals surface area (Å²) in [4.78, 5) is 49.9. The zero-order valence-electron chi connectivity index (χ0n) is 28.4. The Labute approximate surface area is 283 Å². The van der Waals surface area contributed by atoms with E-state index in [9.17, 15) is 14.7 Å². The Hall–Kier alpha value is -4.27. The molecule has 0 aliphatic carbocycles. The van der Waals surface area contributed by atoms with Crippen LogP contribution in [-0.2, 0) is 25.7 Å². The number of rotatable bonds is 12. The van der Waals surface area contributed by atoms with Gasteiger partial charge in [0.05, 0.1) is 30.1 Å². The molecule has 3 unspecified atom stereocenters. The monoisotopic (exact) mass is 649 g/mol. The molecule has 3 fully saturated rings. The minimum Gasteiger partial charge on any atom is -0.394 e. The molecule has 3 aromatic carbocycles.